The van der Waals surface area contributed by atoms with Crippen molar-refractivity contribution in [1.82, 2.24) is 4.31 Å². The van der Waals surface area contributed by atoms with Gasteiger partial charge < -0.3 is 14.7 Å². The molecule has 6 rings (SSSR count). The monoisotopic (exact) mass is 758 g/mol. The van der Waals surface area contributed by atoms with Crippen LogP contribution in [0.4, 0.5) is 23.2 Å². The van der Waals surface area contributed by atoms with Crippen molar-refractivity contribution in [3.8, 4) is 5.75 Å². The molecule has 0 bridgehead atoms. The number of ether oxygens (including phenoxy) is 1. The summed E-state index contributed by atoms with van der Waals surface area (Å²) in [5.74, 6) is -10.4. The topological polar surface area (TPSA) is 104 Å². The summed E-state index contributed by atoms with van der Waals surface area (Å²) < 4.78 is 93.2. The number of hydrogen-bond acceptors (Lipinski definition) is 5. The molecule has 0 saturated heterocycles. The van der Waals surface area contributed by atoms with Gasteiger partial charge >= 0.3 is 5.97 Å². The molecule has 0 spiro atoms. The zero-order valence-corrected chi connectivity index (χ0v) is 29.8. The largest absolute Gasteiger partial charge is 0.492 e. The Bertz CT molecular complexity index is 2120. The van der Waals surface area contributed by atoms with Gasteiger partial charge in [-0.15, -0.1) is 0 Å². The number of hydrogen-bond donors (Lipinski definition) is 1. The van der Waals surface area contributed by atoms with Gasteiger partial charge in [-0.3, -0.25) is 4.79 Å². The minimum absolute atomic E-state index is 0.0293. The molecule has 0 atom stereocenters. The van der Waals surface area contributed by atoms with E-state index in [0.717, 1.165) is 42.4 Å². The van der Waals surface area contributed by atoms with Gasteiger partial charge in [0.2, 0.25) is 15.9 Å². The van der Waals surface area contributed by atoms with E-state index in [0.29, 0.717) is 27.3 Å². The summed E-state index contributed by atoms with van der Waals surface area (Å²) in [6, 6.07) is 16.6. The van der Waals surface area contributed by atoms with E-state index in [9.17, 15) is 36.3 Å². The third kappa shape index (κ3) is 7.67. The highest BCUT2D eigenvalue weighted by Crippen LogP contribution is 2.46. The maximum atomic E-state index is 15.3. The smallest absolute Gasteiger partial charge is 0.335 e. The zero-order chi connectivity index (χ0) is 37.5. The number of nitrogens with zero attached hydrogens (tertiary/aromatic N) is 2. The Hall–Kier alpha value is -4.46. The average Bonchev–Trinajstić information content (AvgIpc) is 4.03. The van der Waals surface area contributed by atoms with Crippen molar-refractivity contribution in [2.45, 2.75) is 69.4 Å². The molecule has 4 aromatic carbocycles. The fraction of sp³-hybridized carbons (Fsp3) is 0.316. The Balaban J connectivity index is 1.48. The first-order valence-corrected chi connectivity index (χ1v) is 18.5. The summed E-state index contributed by atoms with van der Waals surface area (Å²) in [5, 5.41) is 8.17. The average molecular weight is 759 g/mol. The third-order valence-electron chi connectivity index (χ3n) is 9.26. The van der Waals surface area contributed by atoms with Crippen molar-refractivity contribution >= 4 is 39.2 Å². The molecule has 14 heteroatoms. The Kier molecular flexibility index (Phi) is 10.7. The molecule has 0 aromatic heterocycles. The second-order valence-corrected chi connectivity index (χ2v) is 15.3. The van der Waals surface area contributed by atoms with E-state index in [1.54, 1.807) is 38.1 Å². The zero-order valence-electron chi connectivity index (χ0n) is 28.3. The van der Waals surface area contributed by atoms with Crippen LogP contribution in [0.1, 0.15) is 82.6 Å². The molecule has 0 heterocycles. The predicted molar refractivity (Wildman–Crippen MR) is 186 cm³/mol. The number of carboxylic acid groups (broad SMARTS) is 1. The van der Waals surface area contributed by atoms with Crippen LogP contribution in [0.2, 0.25) is 5.02 Å². The van der Waals surface area contributed by atoms with Crippen LogP contribution >= 0.6 is 11.6 Å². The molecule has 2 fully saturated rings. The number of carbonyl (C=O) groups excluding carboxylic acids is 1. The van der Waals surface area contributed by atoms with Gasteiger partial charge in [0, 0.05) is 6.54 Å². The molecule has 52 heavy (non-hydrogen) atoms. The third-order valence-corrected chi connectivity index (χ3v) is 11.6. The molecule has 2 aliphatic rings. The molecule has 0 radical (unpaired) electrons. The minimum atomic E-state index is -5.36. The number of aryl methyl sites for hydroxylation is 1. The van der Waals surface area contributed by atoms with Gasteiger partial charge in [0.15, 0.2) is 23.3 Å². The second kappa shape index (κ2) is 14.9. The van der Waals surface area contributed by atoms with E-state index in [-0.39, 0.29) is 30.2 Å². The first kappa shape index (κ1) is 37.3. The summed E-state index contributed by atoms with van der Waals surface area (Å²) in [4.78, 5) is 26.1. The number of anilines is 1. The maximum Gasteiger partial charge on any atom is 0.335 e. The van der Waals surface area contributed by atoms with Crippen LogP contribution in [0.15, 0.2) is 65.6 Å². The van der Waals surface area contributed by atoms with Crippen LogP contribution in [0.5, 0.6) is 5.75 Å². The molecule has 2 aliphatic carbocycles. The maximum absolute atomic E-state index is 15.3. The van der Waals surface area contributed by atoms with E-state index in [1.165, 1.54) is 23.1 Å². The lowest BCUT2D eigenvalue weighted by Crippen LogP contribution is -2.43. The van der Waals surface area contributed by atoms with Gasteiger partial charge in [0.05, 0.1) is 30.9 Å². The highest BCUT2D eigenvalue weighted by Gasteiger charge is 2.38. The number of amides is 1. The lowest BCUT2D eigenvalue weighted by molar-refractivity contribution is -0.119. The predicted octanol–water partition coefficient (Wildman–Crippen LogP) is 8.48. The number of sulfonamides is 1. The van der Waals surface area contributed by atoms with E-state index >= 15 is 4.39 Å². The van der Waals surface area contributed by atoms with Crippen molar-refractivity contribution < 1.29 is 45.4 Å². The van der Waals surface area contributed by atoms with Gasteiger partial charge in [-0.25, -0.2) is 30.8 Å². The molecule has 4 aromatic rings. The highest BCUT2D eigenvalue weighted by molar-refractivity contribution is 7.89. The van der Waals surface area contributed by atoms with Gasteiger partial charge in [-0.2, -0.15) is 4.31 Å². The van der Waals surface area contributed by atoms with Crippen LogP contribution in [-0.4, -0.2) is 42.9 Å². The number of benzene rings is 4. The van der Waals surface area contributed by atoms with Gasteiger partial charge in [-0.1, -0.05) is 54.1 Å². The molecular weight excluding hydrogens is 724 g/mol. The van der Waals surface area contributed by atoms with E-state index in [2.05, 4.69) is 6.07 Å². The fourth-order valence-corrected chi connectivity index (χ4v) is 8.09. The normalized spacial score (nSPS) is 14.5. The number of rotatable bonds is 14. The summed E-state index contributed by atoms with van der Waals surface area (Å²) in [6.07, 6.45) is 4.10. The van der Waals surface area contributed by atoms with E-state index < -0.39 is 68.2 Å². The highest BCUT2D eigenvalue weighted by atomic mass is 35.5. The standard InChI is InChI=1S/C38H35ClF4N2O6S/c1-3-51-30-17-25(38(47)48)12-13-29(30)45(18-22-14-27(23-8-9-23)16-28(15-22)24-10-11-24)31(46)20-44(19-26-7-5-4-6-21(26)2)52(49,50)37-32(39)33(40)34(41)35(42)36(37)43/h4-7,12-17,23-24H,3,8-11,18-20H2,1-2H3,(H,47,48). The quantitative estimate of drug-likeness (QED) is 0.0786. The number of carbonyl (C=O) groups is 2. The molecule has 8 nitrogen and oxygen atoms in total. The van der Waals surface area contributed by atoms with Crippen molar-refractivity contribution in [2.24, 2.45) is 0 Å². The number of halogens is 5. The van der Waals surface area contributed by atoms with Crippen LogP contribution in [-0.2, 0) is 27.9 Å². The van der Waals surface area contributed by atoms with Crippen LogP contribution in [0.3, 0.4) is 0 Å². The van der Waals surface area contributed by atoms with Crippen LogP contribution < -0.4 is 9.64 Å². The summed E-state index contributed by atoms with van der Waals surface area (Å²) >= 11 is 5.84. The Morgan fingerprint density at radius 2 is 1.48 bits per heavy atom. The van der Waals surface area contributed by atoms with Crippen molar-refractivity contribution in [1.29, 1.82) is 0 Å². The number of carboxylic acids is 1. The Labute approximate surface area is 303 Å². The fourth-order valence-electron chi connectivity index (χ4n) is 6.15. The second-order valence-electron chi connectivity index (χ2n) is 13.1. The van der Waals surface area contributed by atoms with E-state index in [1.807, 2.05) is 12.1 Å². The van der Waals surface area contributed by atoms with Crippen LogP contribution in [0.25, 0.3) is 0 Å². The van der Waals surface area contributed by atoms with Crippen molar-refractivity contribution in [2.75, 3.05) is 18.1 Å². The lowest BCUT2D eigenvalue weighted by atomic mass is 9.99. The Morgan fingerprint density at radius 1 is 0.865 bits per heavy atom. The Morgan fingerprint density at radius 3 is 2.06 bits per heavy atom. The van der Waals surface area contributed by atoms with Crippen molar-refractivity contribution in [3.05, 3.63) is 122 Å². The molecule has 274 valence electrons. The summed E-state index contributed by atoms with van der Waals surface area (Å²) in [5.41, 5.74) is 3.92. The molecule has 2 saturated carbocycles. The molecule has 1 amide bonds. The molecule has 0 unspecified atom stereocenters. The summed E-state index contributed by atoms with van der Waals surface area (Å²) in [6.45, 7) is 1.76. The first-order chi connectivity index (χ1) is 24.7. The minimum Gasteiger partial charge on any atom is -0.492 e. The van der Waals surface area contributed by atoms with Gasteiger partial charge in [0.1, 0.15) is 15.7 Å². The lowest BCUT2D eigenvalue weighted by Gasteiger charge is -2.29. The first-order valence-electron chi connectivity index (χ1n) is 16.7. The van der Waals surface area contributed by atoms with Crippen LogP contribution in [0, 0.1) is 30.2 Å². The van der Waals surface area contributed by atoms with Crippen molar-refractivity contribution in [3.63, 3.8) is 0 Å². The molecule has 1 N–H and O–H groups in total. The van der Waals surface area contributed by atoms with Gasteiger partial charge in [-0.05, 0) is 97.4 Å². The van der Waals surface area contributed by atoms with E-state index in [4.69, 9.17) is 16.3 Å². The number of aromatic carboxylic acids is 1. The summed E-state index contributed by atoms with van der Waals surface area (Å²) in [7, 11) is -5.36. The molecular formula is C38H35ClF4N2O6S. The molecule has 0 aliphatic heterocycles. The SMILES string of the molecule is CCOc1cc(C(=O)O)ccc1N(Cc1cc(C2CC2)cc(C2CC2)c1)C(=O)CN(Cc1ccccc1C)S(=O)(=O)c1c(F)c(F)c(F)c(F)c1Cl. The van der Waals surface area contributed by atoms with Gasteiger partial charge in [0.25, 0.3) is 0 Å².